The maximum Gasteiger partial charge on any atom is 0.270 e. The number of amidine groups is 1. The van der Waals surface area contributed by atoms with E-state index < -0.39 is 22.7 Å². The van der Waals surface area contributed by atoms with E-state index in [1.165, 1.54) is 12.4 Å². The topological polar surface area (TPSA) is 224 Å². The number of nitrogens with zero attached hydrogens (tertiary/aromatic N) is 4. The summed E-state index contributed by atoms with van der Waals surface area (Å²) >= 11 is 0. The minimum Gasteiger partial charge on any atom is -0.394 e. The molecule has 6 rings (SSSR count). The lowest BCUT2D eigenvalue weighted by Gasteiger charge is -2.32. The lowest BCUT2D eigenvalue weighted by molar-refractivity contribution is 0.0931. The van der Waals surface area contributed by atoms with Crippen LogP contribution in [0.4, 0.5) is 11.4 Å². The smallest absolute Gasteiger partial charge is 0.270 e. The van der Waals surface area contributed by atoms with E-state index in [2.05, 4.69) is 31.2 Å². The molecule has 4 aromatic rings. The van der Waals surface area contributed by atoms with Gasteiger partial charge in [0.25, 0.3) is 22.7 Å². The van der Waals surface area contributed by atoms with Gasteiger partial charge in [0.2, 0.25) is 0 Å². The van der Waals surface area contributed by atoms with E-state index in [0.717, 1.165) is 45.4 Å². The third kappa shape index (κ3) is 5.47. The first kappa shape index (κ1) is 29.4. The summed E-state index contributed by atoms with van der Waals surface area (Å²) < 4.78 is 0. The van der Waals surface area contributed by atoms with Gasteiger partial charge >= 0.3 is 0 Å². The van der Waals surface area contributed by atoms with Crippen molar-refractivity contribution in [2.45, 2.75) is 45.3 Å². The largest absolute Gasteiger partial charge is 0.394 e. The molecule has 14 nitrogen and oxygen atoms in total. The molecule has 1 aliphatic heterocycles. The Kier molecular flexibility index (Phi) is 7.72. The summed E-state index contributed by atoms with van der Waals surface area (Å²) in [6, 6.07) is 10.8. The highest BCUT2D eigenvalue weighted by molar-refractivity contribution is 5.99. The Hall–Kier alpha value is -5.63. The minimum absolute atomic E-state index is 0.0135. The Bertz CT molecular complexity index is 1950. The molecule has 0 bridgehead atoms. The van der Waals surface area contributed by atoms with Crippen LogP contribution in [0.15, 0.2) is 57.4 Å². The van der Waals surface area contributed by atoms with Crippen LogP contribution in [-0.2, 0) is 25.9 Å². The van der Waals surface area contributed by atoms with Crippen molar-refractivity contribution in [1.29, 1.82) is 0 Å². The normalized spacial score (nSPS) is 15.8. The van der Waals surface area contributed by atoms with Crippen molar-refractivity contribution in [2.24, 2.45) is 16.7 Å². The van der Waals surface area contributed by atoms with Crippen LogP contribution >= 0.6 is 0 Å². The fraction of sp³-hybridized carbons (Fsp3) is 0.258. The molecule has 2 aliphatic rings. The van der Waals surface area contributed by atoms with Gasteiger partial charge in [-0.15, -0.1) is 5.10 Å². The molecule has 1 aliphatic carbocycles. The second-order valence-electron chi connectivity index (χ2n) is 11.2. The molecular weight excluding hydrogens is 576 g/mol. The van der Waals surface area contributed by atoms with Crippen LogP contribution in [0, 0.1) is 6.92 Å². The number of anilines is 2. The van der Waals surface area contributed by atoms with Crippen LogP contribution in [0.3, 0.4) is 0 Å². The monoisotopic (exact) mass is 608 g/mol. The number of hydrogen-bond donors (Lipinski definition) is 6. The van der Waals surface area contributed by atoms with E-state index in [1.54, 1.807) is 0 Å². The molecule has 0 unspecified atom stereocenters. The lowest BCUT2D eigenvalue weighted by atomic mass is 9.96. The molecule has 0 saturated carbocycles. The highest BCUT2D eigenvalue weighted by Crippen LogP contribution is 2.35. The first-order valence-electron chi connectivity index (χ1n) is 14.4. The van der Waals surface area contributed by atoms with Crippen molar-refractivity contribution in [1.82, 2.24) is 26.1 Å². The summed E-state index contributed by atoms with van der Waals surface area (Å²) in [5, 5.41) is 9.73. The van der Waals surface area contributed by atoms with Crippen molar-refractivity contribution in [2.75, 3.05) is 17.2 Å². The number of benzene rings is 2. The molecule has 0 radical (unpaired) electrons. The van der Waals surface area contributed by atoms with Gasteiger partial charge in [-0.3, -0.25) is 19.2 Å². The standard InChI is InChI=1S/C31H32N10O4/c1-15-19-6-7-22(21(19)5-4-20(15)29(33)39-40-34)38-31(45)24-11-23(36-14-37-24)30(44)35-12-16-2-3-17-8-9-41(13-18(17)10-16)26-25(32)27(42)28(26)43/h2-5,10-11,14,22,40H,6-9,12-13,32,34H2,1H3,(H2,33,39)(H,35,44)(H,38,45)/t22-/m0/s1. The van der Waals surface area contributed by atoms with E-state index in [9.17, 15) is 19.2 Å². The number of aromatic nitrogens is 2. The molecule has 2 heterocycles. The molecule has 14 heteroatoms. The summed E-state index contributed by atoms with van der Waals surface area (Å²) in [7, 11) is 0. The van der Waals surface area contributed by atoms with Crippen LogP contribution < -0.4 is 49.2 Å². The van der Waals surface area contributed by atoms with Gasteiger partial charge in [-0.1, -0.05) is 30.3 Å². The maximum atomic E-state index is 13.2. The highest BCUT2D eigenvalue weighted by atomic mass is 16.2. The lowest BCUT2D eigenvalue weighted by Crippen LogP contribution is -2.44. The van der Waals surface area contributed by atoms with Crippen LogP contribution in [0.1, 0.15) is 72.4 Å². The van der Waals surface area contributed by atoms with Gasteiger partial charge < -0.3 is 27.0 Å². The van der Waals surface area contributed by atoms with Crippen molar-refractivity contribution in [3.05, 3.63) is 114 Å². The zero-order valence-corrected chi connectivity index (χ0v) is 24.5. The number of hydrazine groups is 1. The highest BCUT2D eigenvalue weighted by Gasteiger charge is 2.29. The SMILES string of the molecule is Cc1c(/C(N)=N/NN)ccc2c1CC[C@@H]2NC(=O)c1cc(C(=O)NCc2ccc3c(c2)CN(c2c(N)c(=O)c2=O)CC3)ncn1. The number of rotatable bonds is 8. The first-order valence-corrected chi connectivity index (χ1v) is 14.4. The number of hydrazone groups is 1. The second-order valence-corrected chi connectivity index (χ2v) is 11.2. The predicted octanol–water partition coefficient (Wildman–Crippen LogP) is -0.0432. The number of fused-ring (bicyclic) bond motifs is 2. The molecule has 3 aromatic carbocycles. The van der Waals surface area contributed by atoms with Crippen molar-refractivity contribution in [3.8, 4) is 0 Å². The maximum absolute atomic E-state index is 13.2. The molecule has 1 aromatic heterocycles. The summed E-state index contributed by atoms with van der Waals surface area (Å²) in [4.78, 5) is 59.7. The molecule has 45 heavy (non-hydrogen) atoms. The van der Waals surface area contributed by atoms with Crippen molar-refractivity contribution < 1.29 is 9.59 Å². The average molecular weight is 609 g/mol. The van der Waals surface area contributed by atoms with Gasteiger partial charge in [-0.2, -0.15) is 0 Å². The van der Waals surface area contributed by atoms with E-state index >= 15 is 0 Å². The third-order valence-electron chi connectivity index (χ3n) is 8.57. The Morgan fingerprint density at radius 2 is 1.80 bits per heavy atom. The first-order chi connectivity index (χ1) is 21.7. The summed E-state index contributed by atoms with van der Waals surface area (Å²) in [5.74, 6) is 4.67. The molecule has 0 saturated heterocycles. The number of hydrogen-bond acceptors (Lipinski definition) is 11. The van der Waals surface area contributed by atoms with Gasteiger partial charge in [-0.05, 0) is 59.6 Å². The summed E-state index contributed by atoms with van der Waals surface area (Å²) in [6.07, 6.45) is 3.35. The van der Waals surface area contributed by atoms with Crippen LogP contribution in [0.2, 0.25) is 0 Å². The second kappa shape index (κ2) is 11.8. The zero-order valence-electron chi connectivity index (χ0n) is 24.5. The molecule has 0 spiro atoms. The van der Waals surface area contributed by atoms with E-state index in [-0.39, 0.29) is 41.2 Å². The van der Waals surface area contributed by atoms with E-state index in [0.29, 0.717) is 25.9 Å². The molecule has 9 N–H and O–H groups in total. The number of carbonyl (C=O) groups is 2. The fourth-order valence-electron chi connectivity index (χ4n) is 6.17. The van der Waals surface area contributed by atoms with E-state index in [4.69, 9.17) is 17.3 Å². The van der Waals surface area contributed by atoms with Gasteiger partial charge in [0.05, 0.1) is 6.04 Å². The van der Waals surface area contributed by atoms with Crippen LogP contribution in [0.5, 0.6) is 0 Å². The minimum atomic E-state index is -0.635. The van der Waals surface area contributed by atoms with Crippen LogP contribution in [0.25, 0.3) is 0 Å². The molecule has 1 atom stereocenters. The van der Waals surface area contributed by atoms with Crippen molar-refractivity contribution >= 4 is 29.0 Å². The van der Waals surface area contributed by atoms with Gasteiger partial charge in [0.15, 0.2) is 5.84 Å². The van der Waals surface area contributed by atoms with Gasteiger partial charge in [0.1, 0.15) is 29.1 Å². The molecule has 2 amide bonds. The van der Waals surface area contributed by atoms with Crippen molar-refractivity contribution in [3.63, 3.8) is 0 Å². The Morgan fingerprint density at radius 3 is 2.56 bits per heavy atom. The molecule has 230 valence electrons. The number of amides is 2. The van der Waals surface area contributed by atoms with Crippen LogP contribution in [-0.4, -0.2) is 34.2 Å². The summed E-state index contributed by atoms with van der Waals surface area (Å²) in [6.45, 7) is 3.21. The molecule has 0 fully saturated rings. The Morgan fingerprint density at radius 1 is 1.02 bits per heavy atom. The number of carbonyl (C=O) groups excluding carboxylic acids is 2. The Labute approximate surface area is 257 Å². The number of nitrogens with one attached hydrogen (secondary N) is 3. The number of nitrogen functional groups attached to an aromatic ring is 1. The average Bonchev–Trinajstić information content (AvgIpc) is 3.46. The van der Waals surface area contributed by atoms with Gasteiger partial charge in [-0.25, -0.2) is 21.3 Å². The number of nitrogens with two attached hydrogens (primary N) is 3. The predicted molar refractivity (Wildman–Crippen MR) is 168 cm³/mol. The van der Waals surface area contributed by atoms with E-state index in [1.807, 2.05) is 42.2 Å². The zero-order chi connectivity index (χ0) is 31.8. The quantitative estimate of drug-likeness (QED) is 0.0511. The van der Waals surface area contributed by atoms with Gasteiger partial charge in [0, 0.05) is 31.3 Å². The summed E-state index contributed by atoms with van der Waals surface area (Å²) in [5.41, 5.74) is 20.0. The fourth-order valence-corrected chi connectivity index (χ4v) is 6.17. The Balaban J connectivity index is 1.09. The third-order valence-corrected chi connectivity index (χ3v) is 8.57. The molecular formula is C31H32N10O4.